The summed E-state index contributed by atoms with van der Waals surface area (Å²) in [5.74, 6) is 0.503. The van der Waals surface area contributed by atoms with E-state index in [0.717, 1.165) is 11.3 Å². The standard InChI is InChI=1S/C19H16FN3O2/c20-15-8-6-14(7-9-15)18-11-10-17(25-18)12-22-23-19(24)13-21-16-4-2-1-3-5-16/h1-12,21H,13H2,(H,23,24)/b22-12-. The van der Waals surface area contributed by atoms with Crippen LogP contribution in [0.3, 0.4) is 0 Å². The van der Waals surface area contributed by atoms with E-state index in [1.165, 1.54) is 18.3 Å². The number of benzene rings is 2. The zero-order chi connectivity index (χ0) is 17.5. The van der Waals surface area contributed by atoms with Gasteiger partial charge >= 0.3 is 0 Å². The van der Waals surface area contributed by atoms with Gasteiger partial charge in [-0.25, -0.2) is 9.82 Å². The first-order chi connectivity index (χ1) is 12.2. The van der Waals surface area contributed by atoms with Gasteiger partial charge in [-0.1, -0.05) is 18.2 Å². The summed E-state index contributed by atoms with van der Waals surface area (Å²) in [6.45, 7) is 0.111. The molecule has 0 fully saturated rings. The molecule has 0 aliphatic carbocycles. The zero-order valence-corrected chi connectivity index (χ0v) is 13.3. The van der Waals surface area contributed by atoms with Crippen LogP contribution in [0, 0.1) is 5.82 Å². The van der Waals surface area contributed by atoms with Crippen molar-refractivity contribution in [1.29, 1.82) is 0 Å². The van der Waals surface area contributed by atoms with Gasteiger partial charge in [0.15, 0.2) is 0 Å². The molecule has 0 saturated heterocycles. The Bertz CT molecular complexity index is 858. The van der Waals surface area contributed by atoms with Crippen LogP contribution in [-0.4, -0.2) is 18.7 Å². The molecule has 126 valence electrons. The maximum atomic E-state index is 12.9. The molecule has 1 heterocycles. The number of hydrogen-bond acceptors (Lipinski definition) is 4. The summed E-state index contributed by atoms with van der Waals surface area (Å²) in [4.78, 5) is 11.7. The summed E-state index contributed by atoms with van der Waals surface area (Å²) in [5, 5.41) is 6.84. The molecule has 0 bridgehead atoms. The van der Waals surface area contributed by atoms with Gasteiger partial charge in [-0.15, -0.1) is 0 Å². The van der Waals surface area contributed by atoms with Gasteiger partial charge in [-0.3, -0.25) is 4.79 Å². The van der Waals surface area contributed by atoms with Crippen LogP contribution < -0.4 is 10.7 Å². The summed E-state index contributed by atoms with van der Waals surface area (Å²) in [6.07, 6.45) is 1.41. The number of halogens is 1. The van der Waals surface area contributed by atoms with Crippen molar-refractivity contribution in [2.45, 2.75) is 0 Å². The van der Waals surface area contributed by atoms with Gasteiger partial charge in [0, 0.05) is 11.3 Å². The zero-order valence-electron chi connectivity index (χ0n) is 13.3. The van der Waals surface area contributed by atoms with Crippen molar-refractivity contribution in [3.63, 3.8) is 0 Å². The Hall–Kier alpha value is -3.41. The second-order valence-corrected chi connectivity index (χ2v) is 5.22. The molecular weight excluding hydrogens is 321 g/mol. The average Bonchev–Trinajstić information content (AvgIpc) is 3.10. The lowest BCUT2D eigenvalue weighted by atomic mass is 10.2. The van der Waals surface area contributed by atoms with Crippen molar-refractivity contribution in [1.82, 2.24) is 5.43 Å². The Morgan fingerprint density at radius 3 is 2.56 bits per heavy atom. The van der Waals surface area contributed by atoms with Gasteiger partial charge in [0.1, 0.15) is 17.3 Å². The normalized spacial score (nSPS) is 10.8. The third kappa shape index (κ3) is 4.78. The summed E-state index contributed by atoms with van der Waals surface area (Å²) in [6, 6.07) is 18.9. The number of amides is 1. The molecule has 6 heteroatoms. The molecule has 0 unspecified atom stereocenters. The van der Waals surface area contributed by atoms with Crippen LogP contribution in [0.1, 0.15) is 5.76 Å². The van der Waals surface area contributed by atoms with Crippen molar-refractivity contribution in [2.24, 2.45) is 5.10 Å². The number of rotatable bonds is 6. The molecule has 2 N–H and O–H groups in total. The molecule has 3 rings (SSSR count). The van der Waals surface area contributed by atoms with Gasteiger partial charge in [0.05, 0.1) is 12.8 Å². The fraction of sp³-hybridized carbons (Fsp3) is 0.0526. The summed E-state index contributed by atoms with van der Waals surface area (Å²) < 4.78 is 18.5. The minimum absolute atomic E-state index is 0.111. The van der Waals surface area contributed by atoms with E-state index in [2.05, 4.69) is 15.8 Å². The molecule has 1 amide bonds. The average molecular weight is 337 g/mol. The number of hydrazone groups is 1. The quantitative estimate of drug-likeness (QED) is 0.533. The van der Waals surface area contributed by atoms with Crippen molar-refractivity contribution in [2.75, 3.05) is 11.9 Å². The summed E-state index contributed by atoms with van der Waals surface area (Å²) >= 11 is 0. The second kappa shape index (κ2) is 7.92. The van der Waals surface area contributed by atoms with Crippen LogP contribution in [0.5, 0.6) is 0 Å². The molecule has 5 nitrogen and oxygen atoms in total. The van der Waals surface area contributed by atoms with Crippen molar-refractivity contribution in [3.05, 3.63) is 78.3 Å². The van der Waals surface area contributed by atoms with E-state index in [9.17, 15) is 9.18 Å². The molecule has 0 spiro atoms. The molecule has 1 aromatic heterocycles. The summed E-state index contributed by atoms with van der Waals surface area (Å²) in [7, 11) is 0. The number of nitrogens with one attached hydrogen (secondary N) is 2. The van der Waals surface area contributed by atoms with E-state index >= 15 is 0 Å². The number of furan rings is 1. The van der Waals surface area contributed by atoms with Crippen LogP contribution in [0.2, 0.25) is 0 Å². The van der Waals surface area contributed by atoms with Gasteiger partial charge < -0.3 is 9.73 Å². The Morgan fingerprint density at radius 1 is 1.04 bits per heavy atom. The van der Waals surface area contributed by atoms with E-state index in [0.29, 0.717) is 11.5 Å². The Kier molecular flexibility index (Phi) is 5.21. The maximum absolute atomic E-state index is 12.9. The minimum Gasteiger partial charge on any atom is -0.455 e. The molecule has 0 saturated carbocycles. The molecule has 0 radical (unpaired) electrons. The summed E-state index contributed by atoms with van der Waals surface area (Å²) in [5.41, 5.74) is 4.04. The number of anilines is 1. The number of para-hydroxylation sites is 1. The fourth-order valence-corrected chi connectivity index (χ4v) is 2.14. The van der Waals surface area contributed by atoms with E-state index in [4.69, 9.17) is 4.42 Å². The number of nitrogens with zero attached hydrogens (tertiary/aromatic N) is 1. The minimum atomic E-state index is -0.302. The molecule has 2 aromatic carbocycles. The van der Waals surface area contributed by atoms with Crippen molar-refractivity contribution in [3.8, 4) is 11.3 Å². The highest BCUT2D eigenvalue weighted by Crippen LogP contribution is 2.21. The fourth-order valence-electron chi connectivity index (χ4n) is 2.14. The molecular formula is C19H16FN3O2. The van der Waals surface area contributed by atoms with E-state index < -0.39 is 0 Å². The van der Waals surface area contributed by atoms with Gasteiger partial charge in [0.25, 0.3) is 5.91 Å². The third-order valence-electron chi connectivity index (χ3n) is 3.36. The first-order valence-electron chi connectivity index (χ1n) is 7.67. The highest BCUT2D eigenvalue weighted by Gasteiger charge is 2.04. The second-order valence-electron chi connectivity index (χ2n) is 5.22. The Labute approximate surface area is 144 Å². The number of hydrogen-bond donors (Lipinski definition) is 2. The predicted octanol–water partition coefficient (Wildman–Crippen LogP) is 3.65. The van der Waals surface area contributed by atoms with Crippen molar-refractivity contribution < 1.29 is 13.6 Å². The largest absolute Gasteiger partial charge is 0.455 e. The number of carbonyl (C=O) groups is 1. The van der Waals surface area contributed by atoms with Crippen LogP contribution in [-0.2, 0) is 4.79 Å². The van der Waals surface area contributed by atoms with Crippen molar-refractivity contribution >= 4 is 17.8 Å². The third-order valence-corrected chi connectivity index (χ3v) is 3.36. The topological polar surface area (TPSA) is 66.6 Å². The lowest BCUT2D eigenvalue weighted by Crippen LogP contribution is -2.25. The SMILES string of the molecule is O=C(CNc1ccccc1)N/N=C\c1ccc(-c2ccc(F)cc2)o1. The predicted molar refractivity (Wildman–Crippen MR) is 94.8 cm³/mol. The van der Waals surface area contributed by atoms with E-state index in [1.807, 2.05) is 30.3 Å². The smallest absolute Gasteiger partial charge is 0.259 e. The Balaban J connectivity index is 1.50. The Morgan fingerprint density at radius 2 is 1.80 bits per heavy atom. The highest BCUT2D eigenvalue weighted by molar-refractivity contribution is 5.83. The molecule has 25 heavy (non-hydrogen) atoms. The van der Waals surface area contributed by atoms with Gasteiger partial charge in [0.2, 0.25) is 0 Å². The van der Waals surface area contributed by atoms with Crippen LogP contribution in [0.4, 0.5) is 10.1 Å². The first kappa shape index (κ1) is 16.4. The van der Waals surface area contributed by atoms with Crippen LogP contribution >= 0.6 is 0 Å². The molecule has 3 aromatic rings. The monoisotopic (exact) mass is 337 g/mol. The van der Waals surface area contributed by atoms with Gasteiger partial charge in [-0.05, 0) is 48.5 Å². The lowest BCUT2D eigenvalue weighted by Gasteiger charge is -2.04. The number of carbonyl (C=O) groups excluding carboxylic acids is 1. The van der Waals surface area contributed by atoms with Gasteiger partial charge in [-0.2, -0.15) is 5.10 Å². The first-order valence-corrected chi connectivity index (χ1v) is 7.67. The molecule has 0 atom stereocenters. The molecule has 0 aliphatic heterocycles. The van der Waals surface area contributed by atoms with Crippen LogP contribution in [0.15, 0.2) is 76.2 Å². The lowest BCUT2D eigenvalue weighted by molar-refractivity contribution is -0.119. The molecule has 0 aliphatic rings. The highest BCUT2D eigenvalue weighted by atomic mass is 19.1. The maximum Gasteiger partial charge on any atom is 0.259 e. The van der Waals surface area contributed by atoms with E-state index in [1.54, 1.807) is 24.3 Å². The van der Waals surface area contributed by atoms with Crippen LogP contribution in [0.25, 0.3) is 11.3 Å². The van der Waals surface area contributed by atoms with E-state index in [-0.39, 0.29) is 18.3 Å².